The van der Waals surface area contributed by atoms with Crippen molar-refractivity contribution in [3.8, 4) is 5.75 Å². The van der Waals surface area contributed by atoms with E-state index in [4.69, 9.17) is 5.11 Å². The van der Waals surface area contributed by atoms with Crippen molar-refractivity contribution in [3.05, 3.63) is 29.1 Å². The molecule has 0 amide bonds. The van der Waals surface area contributed by atoms with Gasteiger partial charge in [-0.2, -0.15) is 21.6 Å². The topological polar surface area (TPSA) is 63.6 Å². The van der Waals surface area contributed by atoms with E-state index in [1.165, 1.54) is 0 Å². The molecule has 1 heterocycles. The third-order valence-corrected chi connectivity index (χ3v) is 4.15. The third-order valence-electron chi connectivity index (χ3n) is 2.24. The summed E-state index contributed by atoms with van der Waals surface area (Å²) in [5.41, 5.74) is -5.23. The zero-order valence-corrected chi connectivity index (χ0v) is 10.8. The van der Waals surface area contributed by atoms with Gasteiger partial charge in [0.1, 0.15) is 0 Å². The third kappa shape index (κ3) is 2.67. The lowest BCUT2D eigenvalue weighted by Gasteiger charge is -2.11. The standard InChI is InChI=1S/C10H7F3O4S2/c11-10(12,13)19(15,16)17-8-4-6(5-14)3-7-1-2-18-9(7)8/h1-4,14H,5H2. The van der Waals surface area contributed by atoms with E-state index in [0.29, 0.717) is 5.39 Å². The molecule has 19 heavy (non-hydrogen) atoms. The van der Waals surface area contributed by atoms with E-state index in [2.05, 4.69) is 4.18 Å². The van der Waals surface area contributed by atoms with Crippen molar-refractivity contribution < 1.29 is 30.9 Å². The highest BCUT2D eigenvalue weighted by molar-refractivity contribution is 7.88. The number of aliphatic hydroxyl groups excluding tert-OH is 1. The number of alkyl halides is 3. The fraction of sp³-hybridized carbons (Fsp3) is 0.200. The fourth-order valence-electron chi connectivity index (χ4n) is 1.43. The molecule has 2 rings (SSSR count). The Hall–Kier alpha value is -1.32. The number of fused-ring (bicyclic) bond motifs is 1. The second kappa shape index (κ2) is 4.66. The Balaban J connectivity index is 2.54. The minimum Gasteiger partial charge on any atom is -0.392 e. The molecule has 1 N–H and O–H groups in total. The van der Waals surface area contributed by atoms with Crippen LogP contribution in [0.15, 0.2) is 23.6 Å². The van der Waals surface area contributed by atoms with Crippen LogP contribution < -0.4 is 4.18 Å². The Morgan fingerprint density at radius 2 is 2.00 bits per heavy atom. The van der Waals surface area contributed by atoms with Crippen molar-refractivity contribution in [1.29, 1.82) is 0 Å². The summed E-state index contributed by atoms with van der Waals surface area (Å²) in [5, 5.41) is 11.1. The minimum atomic E-state index is -5.72. The fourth-order valence-corrected chi connectivity index (χ4v) is 2.77. The first-order valence-corrected chi connectivity index (χ1v) is 7.15. The molecule has 2 aromatic rings. The molecule has 4 nitrogen and oxygen atoms in total. The lowest BCUT2D eigenvalue weighted by molar-refractivity contribution is -0.0499. The summed E-state index contributed by atoms with van der Waals surface area (Å²) in [6.07, 6.45) is 0. The van der Waals surface area contributed by atoms with E-state index in [1.807, 2.05) is 0 Å². The highest BCUT2D eigenvalue weighted by Crippen LogP contribution is 2.35. The van der Waals surface area contributed by atoms with Crippen molar-refractivity contribution in [1.82, 2.24) is 0 Å². The van der Waals surface area contributed by atoms with Crippen molar-refractivity contribution >= 4 is 31.5 Å². The predicted octanol–water partition coefficient (Wildman–Crippen LogP) is 2.62. The highest BCUT2D eigenvalue weighted by atomic mass is 32.2. The van der Waals surface area contributed by atoms with Crippen molar-refractivity contribution in [2.75, 3.05) is 0 Å². The number of halogens is 3. The first-order chi connectivity index (χ1) is 8.74. The van der Waals surface area contributed by atoms with Crippen molar-refractivity contribution in [2.45, 2.75) is 12.1 Å². The lowest BCUT2D eigenvalue weighted by Crippen LogP contribution is -2.28. The number of aliphatic hydroxyl groups is 1. The van der Waals surface area contributed by atoms with Gasteiger partial charge in [-0.3, -0.25) is 0 Å². The van der Waals surface area contributed by atoms with Gasteiger partial charge in [0.25, 0.3) is 0 Å². The van der Waals surface area contributed by atoms with E-state index in [-0.39, 0.29) is 10.3 Å². The Morgan fingerprint density at radius 3 is 2.58 bits per heavy atom. The summed E-state index contributed by atoms with van der Waals surface area (Å²) < 4.78 is 63.2. The van der Waals surface area contributed by atoms with Gasteiger partial charge in [-0.1, -0.05) is 0 Å². The summed E-state index contributed by atoms with van der Waals surface area (Å²) in [5.74, 6) is -0.436. The molecule has 0 aliphatic carbocycles. The van der Waals surface area contributed by atoms with Gasteiger partial charge in [0.2, 0.25) is 0 Å². The monoisotopic (exact) mass is 312 g/mol. The van der Waals surface area contributed by atoms with Crippen molar-refractivity contribution in [2.24, 2.45) is 0 Å². The van der Waals surface area contributed by atoms with Crippen LogP contribution in [0.1, 0.15) is 5.56 Å². The number of hydrogen-bond donors (Lipinski definition) is 1. The molecule has 0 radical (unpaired) electrons. The number of thiophene rings is 1. The summed E-state index contributed by atoms with van der Waals surface area (Å²) in [6.45, 7) is -0.436. The number of benzene rings is 1. The molecule has 0 unspecified atom stereocenters. The maximum atomic E-state index is 12.3. The van der Waals surface area contributed by atoms with Gasteiger partial charge in [-0.05, 0) is 34.5 Å². The van der Waals surface area contributed by atoms with Crippen LogP contribution in [0.5, 0.6) is 5.75 Å². The summed E-state index contributed by atoms with van der Waals surface area (Å²) in [7, 11) is -5.72. The molecule has 0 spiro atoms. The van der Waals surface area contributed by atoms with Crippen molar-refractivity contribution in [3.63, 3.8) is 0 Å². The maximum Gasteiger partial charge on any atom is 0.534 e. The molecule has 9 heteroatoms. The van der Waals surface area contributed by atoms with E-state index < -0.39 is 28.0 Å². The largest absolute Gasteiger partial charge is 0.534 e. The zero-order valence-electron chi connectivity index (χ0n) is 9.14. The van der Waals surface area contributed by atoms with Crippen LogP contribution in [0, 0.1) is 0 Å². The Labute approximate surface area is 110 Å². The van der Waals surface area contributed by atoms with Crippen LogP contribution in [0.3, 0.4) is 0 Å². The molecule has 0 fully saturated rings. The quantitative estimate of drug-likeness (QED) is 0.699. The highest BCUT2D eigenvalue weighted by Gasteiger charge is 2.48. The Kier molecular flexibility index (Phi) is 3.45. The maximum absolute atomic E-state index is 12.3. The van der Waals surface area contributed by atoms with Crippen LogP contribution in [0.2, 0.25) is 0 Å². The Morgan fingerprint density at radius 1 is 1.32 bits per heavy atom. The molecule has 0 saturated heterocycles. The van der Waals surface area contributed by atoms with Crippen LogP contribution in [0.4, 0.5) is 13.2 Å². The van der Waals surface area contributed by atoms with Gasteiger partial charge in [0, 0.05) is 0 Å². The van der Waals surface area contributed by atoms with E-state index in [1.54, 1.807) is 17.5 Å². The average molecular weight is 312 g/mol. The van der Waals surface area contributed by atoms with Crippen LogP contribution in [-0.4, -0.2) is 19.0 Å². The van der Waals surface area contributed by atoms with Gasteiger partial charge >= 0.3 is 15.6 Å². The molecule has 0 atom stereocenters. The normalized spacial score (nSPS) is 12.8. The van der Waals surface area contributed by atoms with Crippen LogP contribution in [-0.2, 0) is 16.7 Å². The smallest absolute Gasteiger partial charge is 0.392 e. The number of rotatable bonds is 3. The van der Waals surface area contributed by atoms with Gasteiger partial charge in [-0.15, -0.1) is 11.3 Å². The molecule has 0 saturated carbocycles. The lowest BCUT2D eigenvalue weighted by atomic mass is 10.1. The van der Waals surface area contributed by atoms with Gasteiger partial charge in [-0.25, -0.2) is 0 Å². The van der Waals surface area contributed by atoms with E-state index in [0.717, 1.165) is 17.4 Å². The molecule has 0 bridgehead atoms. The zero-order chi connectivity index (χ0) is 14.3. The summed E-state index contributed by atoms with van der Waals surface area (Å²) in [4.78, 5) is 0. The van der Waals surface area contributed by atoms with Gasteiger partial charge < -0.3 is 9.29 Å². The number of hydrogen-bond acceptors (Lipinski definition) is 5. The first kappa shape index (κ1) is 14.1. The van der Waals surface area contributed by atoms with Crippen LogP contribution in [0.25, 0.3) is 10.1 Å². The molecular formula is C10H7F3O4S2. The molecule has 1 aromatic carbocycles. The molecule has 0 aliphatic rings. The molecule has 0 aliphatic heterocycles. The molecular weight excluding hydrogens is 305 g/mol. The van der Waals surface area contributed by atoms with E-state index in [9.17, 15) is 21.6 Å². The Bertz CT molecular complexity index is 703. The summed E-state index contributed by atoms with van der Waals surface area (Å²) >= 11 is 1.05. The van der Waals surface area contributed by atoms with Gasteiger partial charge in [0.05, 0.1) is 11.3 Å². The average Bonchev–Trinajstić information content (AvgIpc) is 2.75. The summed E-state index contributed by atoms with van der Waals surface area (Å²) in [6, 6.07) is 4.20. The molecule has 104 valence electrons. The minimum absolute atomic E-state index is 0.262. The SMILES string of the molecule is O=S(=O)(Oc1cc(CO)cc2ccsc12)C(F)(F)F. The van der Waals surface area contributed by atoms with Gasteiger partial charge in [0.15, 0.2) is 5.75 Å². The second-order valence-electron chi connectivity index (χ2n) is 3.57. The molecule has 1 aromatic heterocycles. The van der Waals surface area contributed by atoms with E-state index >= 15 is 0 Å². The van der Waals surface area contributed by atoms with Crippen LogP contribution >= 0.6 is 11.3 Å². The second-order valence-corrected chi connectivity index (χ2v) is 6.03. The predicted molar refractivity (Wildman–Crippen MR) is 63.4 cm³/mol. The first-order valence-electron chi connectivity index (χ1n) is 4.86.